The molecule has 0 atom stereocenters. The summed E-state index contributed by atoms with van der Waals surface area (Å²) < 4.78 is 5.21. The molecule has 0 radical (unpaired) electrons. The fourth-order valence-electron chi connectivity index (χ4n) is 2.73. The van der Waals surface area contributed by atoms with Crippen molar-refractivity contribution in [3.05, 3.63) is 77.5 Å². The maximum atomic E-state index is 12.2. The standard InChI is InChI=1S/C22H24N4O2/c1-3-16-7-9-18(10-8-16)24-21-12-11-20(25-26-21)22(27)23-14-13-17-5-4-6-19(15-17)28-2/h4-12,15H,3,13-14H2,1-2H3,(H,23,27)(H,24,26). The Balaban J connectivity index is 1.51. The second-order valence-electron chi connectivity index (χ2n) is 6.34. The summed E-state index contributed by atoms with van der Waals surface area (Å²) in [5.74, 6) is 1.16. The lowest BCUT2D eigenvalue weighted by atomic mass is 10.1. The van der Waals surface area contributed by atoms with Gasteiger partial charge in [-0.25, -0.2) is 0 Å². The highest BCUT2D eigenvalue weighted by molar-refractivity contribution is 5.92. The van der Waals surface area contributed by atoms with E-state index in [0.717, 1.165) is 23.4 Å². The van der Waals surface area contributed by atoms with Crippen molar-refractivity contribution >= 4 is 17.4 Å². The Morgan fingerprint density at radius 3 is 2.50 bits per heavy atom. The Bertz CT molecular complexity index is 909. The molecule has 6 heteroatoms. The van der Waals surface area contributed by atoms with Crippen molar-refractivity contribution in [2.45, 2.75) is 19.8 Å². The third kappa shape index (κ3) is 5.30. The fourth-order valence-corrected chi connectivity index (χ4v) is 2.73. The molecule has 0 aliphatic rings. The topological polar surface area (TPSA) is 76.1 Å². The second kappa shape index (κ2) is 9.50. The molecule has 1 aromatic heterocycles. The minimum Gasteiger partial charge on any atom is -0.497 e. The van der Waals surface area contributed by atoms with E-state index in [0.29, 0.717) is 18.8 Å². The molecule has 0 saturated heterocycles. The summed E-state index contributed by atoms with van der Waals surface area (Å²) in [4.78, 5) is 12.2. The zero-order valence-corrected chi connectivity index (χ0v) is 16.1. The molecule has 3 aromatic rings. The van der Waals surface area contributed by atoms with Crippen molar-refractivity contribution in [3.8, 4) is 5.75 Å². The zero-order chi connectivity index (χ0) is 19.8. The number of amides is 1. The van der Waals surface area contributed by atoms with Crippen LogP contribution in [-0.2, 0) is 12.8 Å². The fraction of sp³-hybridized carbons (Fsp3) is 0.227. The molecule has 3 rings (SSSR count). The van der Waals surface area contributed by atoms with Gasteiger partial charge >= 0.3 is 0 Å². The molecule has 6 nitrogen and oxygen atoms in total. The maximum Gasteiger partial charge on any atom is 0.271 e. The first-order valence-electron chi connectivity index (χ1n) is 9.28. The highest BCUT2D eigenvalue weighted by Gasteiger charge is 2.08. The van der Waals surface area contributed by atoms with Crippen LogP contribution in [0.5, 0.6) is 5.75 Å². The summed E-state index contributed by atoms with van der Waals surface area (Å²) >= 11 is 0. The average Bonchev–Trinajstić information content (AvgIpc) is 2.75. The predicted molar refractivity (Wildman–Crippen MR) is 110 cm³/mol. The second-order valence-corrected chi connectivity index (χ2v) is 6.34. The minimum absolute atomic E-state index is 0.241. The number of rotatable bonds is 8. The summed E-state index contributed by atoms with van der Waals surface area (Å²) in [6.07, 6.45) is 1.71. The van der Waals surface area contributed by atoms with Crippen LogP contribution in [0.4, 0.5) is 11.5 Å². The summed E-state index contributed by atoms with van der Waals surface area (Å²) in [5.41, 5.74) is 3.59. The smallest absolute Gasteiger partial charge is 0.271 e. The van der Waals surface area contributed by atoms with Gasteiger partial charge in [0.15, 0.2) is 11.5 Å². The van der Waals surface area contributed by atoms with Crippen molar-refractivity contribution in [2.75, 3.05) is 19.0 Å². The average molecular weight is 376 g/mol. The summed E-state index contributed by atoms with van der Waals surface area (Å²) in [6.45, 7) is 2.63. The zero-order valence-electron chi connectivity index (χ0n) is 16.1. The molecule has 1 amide bonds. The van der Waals surface area contributed by atoms with Gasteiger partial charge in [-0.3, -0.25) is 4.79 Å². The van der Waals surface area contributed by atoms with E-state index >= 15 is 0 Å². The van der Waals surface area contributed by atoms with E-state index in [1.165, 1.54) is 5.56 Å². The third-order valence-corrected chi connectivity index (χ3v) is 4.37. The monoisotopic (exact) mass is 376 g/mol. The molecule has 144 valence electrons. The van der Waals surface area contributed by atoms with E-state index in [4.69, 9.17) is 4.74 Å². The van der Waals surface area contributed by atoms with Gasteiger partial charge in [0.1, 0.15) is 5.75 Å². The molecule has 0 fully saturated rings. The minimum atomic E-state index is -0.241. The maximum absolute atomic E-state index is 12.2. The Labute approximate surface area is 165 Å². The van der Waals surface area contributed by atoms with Crippen LogP contribution in [0, 0.1) is 0 Å². The number of aromatic nitrogens is 2. The first kappa shape index (κ1) is 19.4. The number of ether oxygens (including phenoxy) is 1. The van der Waals surface area contributed by atoms with E-state index in [1.54, 1.807) is 19.2 Å². The molecular weight excluding hydrogens is 352 g/mol. The van der Waals surface area contributed by atoms with Crippen molar-refractivity contribution in [3.63, 3.8) is 0 Å². The van der Waals surface area contributed by atoms with Gasteiger partial charge in [-0.1, -0.05) is 31.2 Å². The molecule has 2 N–H and O–H groups in total. The van der Waals surface area contributed by atoms with Crippen LogP contribution in [0.25, 0.3) is 0 Å². The van der Waals surface area contributed by atoms with Crippen LogP contribution in [-0.4, -0.2) is 29.8 Å². The quantitative estimate of drug-likeness (QED) is 0.626. The van der Waals surface area contributed by atoms with Gasteiger partial charge in [-0.05, 0) is 60.4 Å². The van der Waals surface area contributed by atoms with Gasteiger partial charge in [0.2, 0.25) is 0 Å². The van der Waals surface area contributed by atoms with Gasteiger partial charge in [0.05, 0.1) is 7.11 Å². The summed E-state index contributed by atoms with van der Waals surface area (Å²) in [5, 5.41) is 14.1. The lowest BCUT2D eigenvalue weighted by molar-refractivity contribution is 0.0948. The summed E-state index contributed by atoms with van der Waals surface area (Å²) in [7, 11) is 1.64. The van der Waals surface area contributed by atoms with Crippen LogP contribution in [0.1, 0.15) is 28.5 Å². The molecule has 0 spiro atoms. The van der Waals surface area contributed by atoms with Crippen LogP contribution in [0.15, 0.2) is 60.7 Å². The van der Waals surface area contributed by atoms with Gasteiger partial charge in [0, 0.05) is 12.2 Å². The Morgan fingerprint density at radius 2 is 1.82 bits per heavy atom. The Kier molecular flexibility index (Phi) is 6.57. The normalized spacial score (nSPS) is 10.4. The van der Waals surface area contributed by atoms with Crippen LogP contribution < -0.4 is 15.4 Å². The SMILES string of the molecule is CCc1ccc(Nc2ccc(C(=O)NCCc3cccc(OC)c3)nn2)cc1. The van der Waals surface area contributed by atoms with Crippen LogP contribution in [0.3, 0.4) is 0 Å². The van der Waals surface area contributed by atoms with E-state index in [1.807, 2.05) is 36.4 Å². The summed E-state index contributed by atoms with van der Waals surface area (Å²) in [6, 6.07) is 19.3. The van der Waals surface area contributed by atoms with Crippen molar-refractivity contribution in [1.82, 2.24) is 15.5 Å². The van der Waals surface area contributed by atoms with E-state index in [-0.39, 0.29) is 11.6 Å². The largest absolute Gasteiger partial charge is 0.497 e. The van der Waals surface area contributed by atoms with Crippen LogP contribution >= 0.6 is 0 Å². The molecule has 0 saturated carbocycles. The first-order valence-corrected chi connectivity index (χ1v) is 9.28. The lowest BCUT2D eigenvalue weighted by Gasteiger charge is -2.08. The lowest BCUT2D eigenvalue weighted by Crippen LogP contribution is -2.26. The molecular formula is C22H24N4O2. The number of carbonyl (C=O) groups is 1. The molecule has 0 aliphatic heterocycles. The predicted octanol–water partition coefficient (Wildman–Crippen LogP) is 3.76. The van der Waals surface area contributed by atoms with Gasteiger partial charge in [-0.15, -0.1) is 10.2 Å². The number of aryl methyl sites for hydroxylation is 1. The van der Waals surface area contributed by atoms with Gasteiger partial charge in [-0.2, -0.15) is 0 Å². The highest BCUT2D eigenvalue weighted by Crippen LogP contribution is 2.15. The van der Waals surface area contributed by atoms with E-state index < -0.39 is 0 Å². The van der Waals surface area contributed by atoms with E-state index in [9.17, 15) is 4.79 Å². The first-order chi connectivity index (χ1) is 13.7. The van der Waals surface area contributed by atoms with Crippen molar-refractivity contribution < 1.29 is 9.53 Å². The highest BCUT2D eigenvalue weighted by atomic mass is 16.5. The number of benzene rings is 2. The number of nitrogens with zero attached hydrogens (tertiary/aromatic N) is 2. The molecule has 0 bridgehead atoms. The number of hydrogen-bond donors (Lipinski definition) is 2. The molecule has 0 unspecified atom stereocenters. The van der Waals surface area contributed by atoms with Gasteiger partial charge < -0.3 is 15.4 Å². The molecule has 28 heavy (non-hydrogen) atoms. The molecule has 2 aromatic carbocycles. The van der Waals surface area contributed by atoms with Crippen molar-refractivity contribution in [1.29, 1.82) is 0 Å². The third-order valence-electron chi connectivity index (χ3n) is 4.37. The number of anilines is 2. The number of methoxy groups -OCH3 is 1. The molecule has 0 aliphatic carbocycles. The Morgan fingerprint density at radius 1 is 1.00 bits per heavy atom. The Hall–Kier alpha value is -3.41. The van der Waals surface area contributed by atoms with Crippen LogP contribution in [0.2, 0.25) is 0 Å². The number of nitrogens with one attached hydrogen (secondary N) is 2. The number of carbonyl (C=O) groups excluding carboxylic acids is 1. The van der Waals surface area contributed by atoms with Gasteiger partial charge in [0.25, 0.3) is 5.91 Å². The van der Waals surface area contributed by atoms with Crippen molar-refractivity contribution in [2.24, 2.45) is 0 Å². The number of hydrogen-bond acceptors (Lipinski definition) is 5. The molecule has 1 heterocycles. The van der Waals surface area contributed by atoms with E-state index in [2.05, 4.69) is 39.9 Å².